The number of benzene rings is 1. The van der Waals surface area contributed by atoms with Gasteiger partial charge in [0.2, 0.25) is 5.91 Å². The second-order valence-electron chi connectivity index (χ2n) is 6.10. The summed E-state index contributed by atoms with van der Waals surface area (Å²) in [6.45, 7) is 2.29. The van der Waals surface area contributed by atoms with Crippen LogP contribution in [0.5, 0.6) is 0 Å². The van der Waals surface area contributed by atoms with Gasteiger partial charge in [-0.3, -0.25) is 19.3 Å². The van der Waals surface area contributed by atoms with Crippen molar-refractivity contribution in [3.05, 3.63) is 63.2 Å². The molecule has 1 aromatic heterocycles. The number of thioether (sulfide) groups is 1. The summed E-state index contributed by atoms with van der Waals surface area (Å²) in [6, 6.07) is 13.7. The largest absolute Gasteiger partial charge is 0.354 e. The second-order valence-corrected chi connectivity index (χ2v) is 8.08. The lowest BCUT2D eigenvalue weighted by Crippen LogP contribution is -2.40. The highest BCUT2D eigenvalue weighted by Gasteiger charge is 2.36. The first-order valence-corrected chi connectivity index (χ1v) is 10.4. The molecule has 0 aliphatic carbocycles. The number of rotatable bonds is 7. The van der Waals surface area contributed by atoms with Gasteiger partial charge in [-0.25, -0.2) is 0 Å². The van der Waals surface area contributed by atoms with Crippen LogP contribution < -0.4 is 5.32 Å². The fourth-order valence-corrected chi connectivity index (χ4v) is 4.36. The van der Waals surface area contributed by atoms with Gasteiger partial charge in [-0.2, -0.15) is 0 Å². The van der Waals surface area contributed by atoms with E-state index >= 15 is 0 Å². The number of amides is 3. The van der Waals surface area contributed by atoms with Gasteiger partial charge in [0, 0.05) is 17.3 Å². The number of nitrogens with one attached hydrogen (secondary N) is 1. The Bertz CT molecular complexity index is 847. The molecule has 1 aliphatic heterocycles. The van der Waals surface area contributed by atoms with E-state index in [1.165, 1.54) is 11.3 Å². The third kappa shape index (κ3) is 4.87. The minimum Gasteiger partial charge on any atom is -0.354 e. The minimum absolute atomic E-state index is 0.198. The molecule has 27 heavy (non-hydrogen) atoms. The maximum Gasteiger partial charge on any atom is 0.294 e. The summed E-state index contributed by atoms with van der Waals surface area (Å²) in [4.78, 5) is 39.1. The monoisotopic (exact) mass is 400 g/mol. The Hall–Kier alpha value is -2.38. The average Bonchev–Trinajstić information content (AvgIpc) is 3.27. The highest BCUT2D eigenvalue weighted by Crippen LogP contribution is 2.32. The number of thiophene rings is 1. The number of carbonyl (C=O) groups excluding carboxylic acids is 3. The van der Waals surface area contributed by atoms with Gasteiger partial charge >= 0.3 is 0 Å². The van der Waals surface area contributed by atoms with E-state index in [2.05, 4.69) is 12.2 Å². The summed E-state index contributed by atoms with van der Waals surface area (Å²) in [5.41, 5.74) is 1.16. The van der Waals surface area contributed by atoms with Crippen molar-refractivity contribution in [2.45, 2.75) is 19.3 Å². The van der Waals surface area contributed by atoms with E-state index in [4.69, 9.17) is 0 Å². The zero-order valence-corrected chi connectivity index (χ0v) is 16.5. The average molecular weight is 401 g/mol. The van der Waals surface area contributed by atoms with Crippen molar-refractivity contribution < 1.29 is 14.4 Å². The smallest absolute Gasteiger partial charge is 0.294 e. The summed E-state index contributed by atoms with van der Waals surface area (Å²) < 4.78 is 0. The number of hydrogen-bond donors (Lipinski definition) is 1. The van der Waals surface area contributed by atoms with Crippen LogP contribution in [0, 0.1) is 0 Å². The third-order valence-corrected chi connectivity index (χ3v) is 6.03. The molecule has 0 spiro atoms. The molecule has 2 heterocycles. The van der Waals surface area contributed by atoms with E-state index in [-0.39, 0.29) is 18.4 Å². The second kappa shape index (κ2) is 9.01. The molecule has 1 aliphatic rings. The molecule has 0 bridgehead atoms. The van der Waals surface area contributed by atoms with Crippen LogP contribution in [0.2, 0.25) is 0 Å². The third-order valence-electron chi connectivity index (χ3n) is 4.30. The zero-order chi connectivity index (χ0) is 19.2. The van der Waals surface area contributed by atoms with Crippen LogP contribution in [0.4, 0.5) is 4.79 Å². The van der Waals surface area contributed by atoms with E-state index in [1.54, 1.807) is 6.08 Å². The van der Waals surface area contributed by atoms with Crippen LogP contribution in [0.15, 0.2) is 52.7 Å². The first kappa shape index (κ1) is 19.4. The van der Waals surface area contributed by atoms with E-state index in [0.29, 0.717) is 11.4 Å². The van der Waals surface area contributed by atoms with Crippen molar-refractivity contribution in [3.8, 4) is 0 Å². The molecular weight excluding hydrogens is 380 g/mol. The fourth-order valence-electron chi connectivity index (χ4n) is 2.80. The van der Waals surface area contributed by atoms with Crippen LogP contribution in [0.1, 0.15) is 29.7 Å². The molecule has 1 saturated heterocycles. The van der Waals surface area contributed by atoms with Crippen molar-refractivity contribution in [2.24, 2.45) is 0 Å². The highest BCUT2D eigenvalue weighted by molar-refractivity contribution is 8.18. The number of nitrogens with zero attached hydrogens (tertiary/aromatic N) is 1. The lowest BCUT2D eigenvalue weighted by molar-refractivity contribution is -0.129. The highest BCUT2D eigenvalue weighted by atomic mass is 32.2. The van der Waals surface area contributed by atoms with E-state index in [1.807, 2.05) is 47.8 Å². The van der Waals surface area contributed by atoms with Crippen molar-refractivity contribution in [1.82, 2.24) is 10.2 Å². The Balaban J connectivity index is 1.57. The van der Waals surface area contributed by atoms with Gasteiger partial charge in [0.15, 0.2) is 0 Å². The molecule has 1 atom stereocenters. The molecule has 3 rings (SSSR count). The molecule has 1 unspecified atom stereocenters. The minimum atomic E-state index is -0.413. The number of hydrogen-bond acceptors (Lipinski definition) is 5. The van der Waals surface area contributed by atoms with Crippen molar-refractivity contribution >= 4 is 46.2 Å². The molecule has 1 fully saturated rings. The summed E-state index contributed by atoms with van der Waals surface area (Å²) in [5, 5.41) is 4.34. The normalized spacial score (nSPS) is 16.8. The zero-order valence-electron chi connectivity index (χ0n) is 14.9. The number of imide groups is 1. The molecule has 1 aromatic carbocycles. The summed E-state index contributed by atoms with van der Waals surface area (Å²) in [5.74, 6) is -0.545. The lowest BCUT2D eigenvalue weighted by atomic mass is 9.96. The standard InChI is InChI=1S/C20H20N2O3S2/c1-2-14(15-7-4-3-5-8-15)12-21-18(23)13-22-19(24)17(27-20(22)25)11-16-9-6-10-26-16/h3-11,14H,2,12-13H2,1H3,(H,21,23)/b17-11-. The Morgan fingerprint density at radius 3 is 2.63 bits per heavy atom. The van der Waals surface area contributed by atoms with E-state index in [0.717, 1.165) is 33.5 Å². The van der Waals surface area contributed by atoms with Crippen LogP contribution in [0.3, 0.4) is 0 Å². The quantitative estimate of drug-likeness (QED) is 0.711. The van der Waals surface area contributed by atoms with Crippen molar-refractivity contribution in [3.63, 3.8) is 0 Å². The molecule has 2 aromatic rings. The molecule has 7 heteroatoms. The van der Waals surface area contributed by atoms with E-state index in [9.17, 15) is 14.4 Å². The summed E-state index contributed by atoms with van der Waals surface area (Å²) in [7, 11) is 0. The molecule has 0 radical (unpaired) electrons. The molecule has 0 saturated carbocycles. The van der Waals surface area contributed by atoms with Gasteiger partial charge in [0.1, 0.15) is 6.54 Å². The summed E-state index contributed by atoms with van der Waals surface area (Å²) >= 11 is 2.36. The fraction of sp³-hybridized carbons (Fsp3) is 0.250. The molecule has 3 amide bonds. The van der Waals surface area contributed by atoms with Crippen LogP contribution in [-0.4, -0.2) is 35.0 Å². The van der Waals surface area contributed by atoms with Gasteiger partial charge in [-0.15, -0.1) is 11.3 Å². The van der Waals surface area contributed by atoms with Crippen LogP contribution in [0.25, 0.3) is 6.08 Å². The maximum absolute atomic E-state index is 12.4. The lowest BCUT2D eigenvalue weighted by Gasteiger charge is -2.17. The Labute approximate surface area is 166 Å². The first-order chi connectivity index (χ1) is 13.1. The Morgan fingerprint density at radius 1 is 1.19 bits per heavy atom. The van der Waals surface area contributed by atoms with E-state index < -0.39 is 11.1 Å². The van der Waals surface area contributed by atoms with Gasteiger partial charge in [-0.05, 0) is 41.3 Å². The number of carbonyl (C=O) groups is 3. The van der Waals surface area contributed by atoms with Crippen molar-refractivity contribution in [1.29, 1.82) is 0 Å². The first-order valence-electron chi connectivity index (χ1n) is 8.69. The predicted molar refractivity (Wildman–Crippen MR) is 109 cm³/mol. The summed E-state index contributed by atoms with van der Waals surface area (Å²) in [6.07, 6.45) is 2.57. The van der Waals surface area contributed by atoms with Crippen molar-refractivity contribution in [2.75, 3.05) is 13.1 Å². The molecular formula is C20H20N2O3S2. The van der Waals surface area contributed by atoms with Crippen LogP contribution >= 0.6 is 23.1 Å². The van der Waals surface area contributed by atoms with Gasteiger partial charge in [0.25, 0.3) is 11.1 Å². The topological polar surface area (TPSA) is 66.5 Å². The Kier molecular flexibility index (Phi) is 6.47. The van der Waals surface area contributed by atoms with Gasteiger partial charge in [-0.1, -0.05) is 43.3 Å². The molecule has 140 valence electrons. The SMILES string of the molecule is CCC(CNC(=O)CN1C(=O)S/C(=C\c2cccs2)C1=O)c1ccccc1. The van der Waals surface area contributed by atoms with Crippen LogP contribution in [-0.2, 0) is 9.59 Å². The molecule has 5 nitrogen and oxygen atoms in total. The Morgan fingerprint density at radius 2 is 1.96 bits per heavy atom. The van der Waals surface area contributed by atoms with Gasteiger partial charge < -0.3 is 5.32 Å². The van der Waals surface area contributed by atoms with Gasteiger partial charge in [0.05, 0.1) is 4.91 Å². The predicted octanol–water partition coefficient (Wildman–Crippen LogP) is 4.09. The molecule has 1 N–H and O–H groups in total. The maximum atomic E-state index is 12.4.